The molecule has 0 aromatic carbocycles. The molecule has 1 amide bonds. The highest BCUT2D eigenvalue weighted by atomic mass is 32.2. The maximum Gasteiger partial charge on any atom is 0.233 e. The summed E-state index contributed by atoms with van der Waals surface area (Å²) in [6, 6.07) is 0.399. The molecule has 22 heavy (non-hydrogen) atoms. The summed E-state index contributed by atoms with van der Waals surface area (Å²) in [6.45, 7) is 5.34. The fourth-order valence-corrected chi connectivity index (χ4v) is 4.10. The van der Waals surface area contributed by atoms with Gasteiger partial charge in [-0.05, 0) is 37.1 Å². The number of hydrogen-bond acceptors (Lipinski definition) is 6. The van der Waals surface area contributed by atoms with E-state index in [1.807, 2.05) is 23.4 Å². The number of amides is 1. The van der Waals surface area contributed by atoms with Crippen molar-refractivity contribution >= 4 is 17.7 Å². The van der Waals surface area contributed by atoms with E-state index in [0.29, 0.717) is 24.9 Å². The quantitative estimate of drug-likeness (QED) is 0.782. The molecule has 2 heterocycles. The van der Waals surface area contributed by atoms with Gasteiger partial charge in [-0.25, -0.2) is 4.68 Å². The molecule has 1 aliphatic carbocycles. The van der Waals surface area contributed by atoms with Crippen LogP contribution in [-0.4, -0.2) is 62.1 Å². The molecule has 122 valence electrons. The molecule has 1 saturated carbocycles. The van der Waals surface area contributed by atoms with Gasteiger partial charge in [0.1, 0.15) is 0 Å². The molecule has 2 unspecified atom stereocenters. The van der Waals surface area contributed by atoms with E-state index in [4.69, 9.17) is 4.74 Å². The van der Waals surface area contributed by atoms with Gasteiger partial charge >= 0.3 is 0 Å². The first-order valence-corrected chi connectivity index (χ1v) is 8.96. The van der Waals surface area contributed by atoms with Crippen LogP contribution in [0.5, 0.6) is 0 Å². The minimum Gasteiger partial charge on any atom is -0.372 e. The summed E-state index contributed by atoms with van der Waals surface area (Å²) in [6.07, 6.45) is 4.92. The smallest absolute Gasteiger partial charge is 0.233 e. The number of ether oxygens (including phenoxy) is 1. The van der Waals surface area contributed by atoms with Crippen molar-refractivity contribution in [2.24, 2.45) is 0 Å². The third-order valence-corrected chi connectivity index (χ3v) is 5.15. The fraction of sp³-hybridized carbons (Fsp3) is 0.857. The summed E-state index contributed by atoms with van der Waals surface area (Å²) in [4.78, 5) is 14.3. The van der Waals surface area contributed by atoms with Crippen molar-refractivity contribution in [3.8, 4) is 0 Å². The zero-order valence-electron chi connectivity index (χ0n) is 13.1. The average molecular weight is 325 g/mol. The van der Waals surface area contributed by atoms with Crippen molar-refractivity contribution < 1.29 is 9.53 Å². The Labute approximate surface area is 134 Å². The highest BCUT2D eigenvalue weighted by Gasteiger charge is 2.27. The fourth-order valence-electron chi connectivity index (χ4n) is 3.26. The van der Waals surface area contributed by atoms with E-state index in [1.54, 1.807) is 0 Å². The molecule has 0 bridgehead atoms. The summed E-state index contributed by atoms with van der Waals surface area (Å²) in [5, 5.41) is 12.7. The van der Waals surface area contributed by atoms with Crippen LogP contribution in [0.15, 0.2) is 5.16 Å². The largest absolute Gasteiger partial charge is 0.372 e. The molecule has 1 aliphatic heterocycles. The number of carbonyl (C=O) groups excluding carboxylic acids is 1. The first kappa shape index (κ1) is 15.7. The highest BCUT2D eigenvalue weighted by molar-refractivity contribution is 7.99. The van der Waals surface area contributed by atoms with Crippen molar-refractivity contribution in [2.45, 2.75) is 62.9 Å². The van der Waals surface area contributed by atoms with E-state index in [1.165, 1.54) is 24.6 Å². The molecule has 0 spiro atoms. The van der Waals surface area contributed by atoms with E-state index >= 15 is 0 Å². The SMILES string of the molecule is CC1CN(C(=O)CSc2nnnn2C2CCCC2)CC(C)O1. The van der Waals surface area contributed by atoms with Gasteiger partial charge in [-0.2, -0.15) is 0 Å². The lowest BCUT2D eigenvalue weighted by atomic mass is 10.2. The Balaban J connectivity index is 1.56. The van der Waals surface area contributed by atoms with Gasteiger partial charge < -0.3 is 9.64 Å². The van der Waals surface area contributed by atoms with Gasteiger partial charge in [-0.15, -0.1) is 5.10 Å². The van der Waals surface area contributed by atoms with Crippen LogP contribution in [0.3, 0.4) is 0 Å². The van der Waals surface area contributed by atoms with Crippen LogP contribution in [0.25, 0.3) is 0 Å². The molecule has 0 N–H and O–H groups in total. The lowest BCUT2D eigenvalue weighted by Crippen LogP contribution is -2.48. The Morgan fingerprint density at radius 2 is 1.95 bits per heavy atom. The Morgan fingerprint density at radius 1 is 1.27 bits per heavy atom. The Kier molecular flexibility index (Phi) is 4.97. The van der Waals surface area contributed by atoms with Gasteiger partial charge in [0.2, 0.25) is 11.1 Å². The second-order valence-electron chi connectivity index (χ2n) is 6.19. The monoisotopic (exact) mass is 325 g/mol. The van der Waals surface area contributed by atoms with E-state index in [9.17, 15) is 4.79 Å². The third kappa shape index (κ3) is 3.60. The van der Waals surface area contributed by atoms with Crippen LogP contribution in [0.1, 0.15) is 45.6 Å². The minimum atomic E-state index is 0.0986. The van der Waals surface area contributed by atoms with Crippen molar-refractivity contribution in [2.75, 3.05) is 18.8 Å². The second kappa shape index (κ2) is 6.95. The highest BCUT2D eigenvalue weighted by Crippen LogP contribution is 2.31. The molecule has 2 atom stereocenters. The van der Waals surface area contributed by atoms with Gasteiger partial charge in [0.25, 0.3) is 0 Å². The summed E-state index contributed by atoms with van der Waals surface area (Å²) in [5.74, 6) is 0.514. The number of carbonyl (C=O) groups is 1. The van der Waals surface area contributed by atoms with Gasteiger partial charge in [-0.3, -0.25) is 4.79 Å². The number of morpholine rings is 1. The van der Waals surface area contributed by atoms with E-state index < -0.39 is 0 Å². The number of thioether (sulfide) groups is 1. The summed E-state index contributed by atoms with van der Waals surface area (Å²) >= 11 is 1.44. The van der Waals surface area contributed by atoms with Gasteiger partial charge in [0.05, 0.1) is 24.0 Å². The standard InChI is InChI=1S/C14H23N5O2S/c1-10-7-18(8-11(2)21-10)13(20)9-22-14-15-16-17-19(14)12-5-3-4-6-12/h10-12H,3-9H2,1-2H3. The molecule has 8 heteroatoms. The summed E-state index contributed by atoms with van der Waals surface area (Å²) < 4.78 is 7.56. The van der Waals surface area contributed by atoms with Crippen LogP contribution in [0.4, 0.5) is 0 Å². The summed E-state index contributed by atoms with van der Waals surface area (Å²) in [5.41, 5.74) is 0. The lowest BCUT2D eigenvalue weighted by Gasteiger charge is -2.35. The number of aromatic nitrogens is 4. The predicted octanol–water partition coefficient (Wildman–Crippen LogP) is 1.52. The summed E-state index contributed by atoms with van der Waals surface area (Å²) in [7, 11) is 0. The van der Waals surface area contributed by atoms with Crippen LogP contribution in [0.2, 0.25) is 0 Å². The van der Waals surface area contributed by atoms with Crippen molar-refractivity contribution in [3.05, 3.63) is 0 Å². The van der Waals surface area contributed by atoms with Crippen LogP contribution >= 0.6 is 11.8 Å². The Bertz CT molecular complexity index is 507. The zero-order valence-corrected chi connectivity index (χ0v) is 14.0. The molecule has 2 aliphatic rings. The maximum atomic E-state index is 12.4. The van der Waals surface area contributed by atoms with Crippen LogP contribution < -0.4 is 0 Å². The van der Waals surface area contributed by atoms with Crippen LogP contribution in [0, 0.1) is 0 Å². The van der Waals surface area contributed by atoms with Crippen molar-refractivity contribution in [3.63, 3.8) is 0 Å². The van der Waals surface area contributed by atoms with Crippen molar-refractivity contribution in [1.82, 2.24) is 25.1 Å². The van der Waals surface area contributed by atoms with Gasteiger partial charge in [0, 0.05) is 13.1 Å². The molecule has 1 saturated heterocycles. The molecule has 0 radical (unpaired) electrons. The van der Waals surface area contributed by atoms with E-state index in [-0.39, 0.29) is 18.1 Å². The molecule has 3 rings (SSSR count). The normalized spacial score (nSPS) is 26.5. The predicted molar refractivity (Wildman–Crippen MR) is 82.6 cm³/mol. The minimum absolute atomic E-state index is 0.0986. The molecule has 1 aromatic rings. The Morgan fingerprint density at radius 3 is 2.64 bits per heavy atom. The molecule has 1 aromatic heterocycles. The lowest BCUT2D eigenvalue weighted by molar-refractivity contribution is -0.140. The van der Waals surface area contributed by atoms with Gasteiger partial charge in [0.15, 0.2) is 0 Å². The second-order valence-corrected chi connectivity index (χ2v) is 7.13. The molecular formula is C14H23N5O2S. The zero-order chi connectivity index (χ0) is 15.5. The van der Waals surface area contributed by atoms with Crippen LogP contribution in [-0.2, 0) is 9.53 Å². The van der Waals surface area contributed by atoms with E-state index in [0.717, 1.165) is 18.0 Å². The maximum absolute atomic E-state index is 12.4. The number of hydrogen-bond donors (Lipinski definition) is 0. The topological polar surface area (TPSA) is 73.1 Å². The first-order valence-electron chi connectivity index (χ1n) is 7.97. The molecule has 7 nitrogen and oxygen atoms in total. The molecule has 2 fully saturated rings. The van der Waals surface area contributed by atoms with Crippen molar-refractivity contribution in [1.29, 1.82) is 0 Å². The van der Waals surface area contributed by atoms with Gasteiger partial charge in [-0.1, -0.05) is 24.6 Å². The third-order valence-electron chi connectivity index (χ3n) is 4.23. The van der Waals surface area contributed by atoms with E-state index in [2.05, 4.69) is 15.5 Å². The number of tetrazole rings is 1. The first-order chi connectivity index (χ1) is 10.6. The molecular weight excluding hydrogens is 302 g/mol. The average Bonchev–Trinajstić information content (AvgIpc) is 3.14. The number of rotatable bonds is 4. The Hall–Kier alpha value is -1.15. The number of nitrogens with zero attached hydrogens (tertiary/aromatic N) is 5.